The summed E-state index contributed by atoms with van der Waals surface area (Å²) in [6, 6.07) is 2.05. The Hall–Kier alpha value is -3.14. The number of nitrogens with zero attached hydrogens (tertiary/aromatic N) is 3. The molecule has 0 aliphatic carbocycles. The molecule has 3 amide bonds. The summed E-state index contributed by atoms with van der Waals surface area (Å²) in [5.74, 6) is -4.09. The van der Waals surface area contributed by atoms with Gasteiger partial charge in [0.1, 0.15) is 30.8 Å². The van der Waals surface area contributed by atoms with Crippen LogP contribution in [0.15, 0.2) is 18.2 Å². The number of ether oxygens (including phenoxy) is 1. The molecule has 0 saturated carbocycles. The van der Waals surface area contributed by atoms with E-state index in [1.165, 1.54) is 17.0 Å². The zero-order valence-corrected chi connectivity index (χ0v) is 19.0. The van der Waals surface area contributed by atoms with Gasteiger partial charge in [-0.05, 0) is 38.6 Å². The molecule has 2 aliphatic heterocycles. The van der Waals surface area contributed by atoms with Crippen molar-refractivity contribution in [1.29, 1.82) is 0 Å². The van der Waals surface area contributed by atoms with Crippen molar-refractivity contribution in [3.8, 4) is 0 Å². The van der Waals surface area contributed by atoms with Gasteiger partial charge in [-0.25, -0.2) is 4.39 Å². The molecule has 9 nitrogen and oxygen atoms in total. The van der Waals surface area contributed by atoms with E-state index in [-0.39, 0.29) is 37.2 Å². The Morgan fingerprint density at radius 1 is 1.24 bits per heavy atom. The van der Waals surface area contributed by atoms with Crippen LogP contribution in [-0.4, -0.2) is 89.5 Å². The van der Waals surface area contributed by atoms with E-state index >= 15 is 0 Å². The SMILES string of the molecule is CCN(CC)[C@@H](C)C(=O)OCCN1CC(C=O)CC(N2C(=O)c3cccc(F)c3C2=O)C1=O. The van der Waals surface area contributed by atoms with Gasteiger partial charge in [0.25, 0.3) is 11.8 Å². The molecule has 0 spiro atoms. The molecule has 0 bridgehead atoms. The molecule has 33 heavy (non-hydrogen) atoms. The van der Waals surface area contributed by atoms with Gasteiger partial charge >= 0.3 is 5.97 Å². The standard InChI is InChI=1S/C23H28FN3O6/c1-4-25(5-2)14(3)23(32)33-10-9-26-12-15(13-28)11-18(21(26)30)27-20(29)16-7-6-8-17(24)19(16)22(27)31/h6-8,13-15,18H,4-5,9-12H2,1-3H3/t14-,15?,18?/m0/s1. The Labute approximate surface area is 191 Å². The van der Waals surface area contributed by atoms with Gasteiger partial charge in [-0.15, -0.1) is 0 Å². The molecule has 10 heteroatoms. The number of benzene rings is 1. The van der Waals surface area contributed by atoms with E-state index in [1.807, 2.05) is 18.7 Å². The van der Waals surface area contributed by atoms with Gasteiger partial charge in [0.2, 0.25) is 5.91 Å². The van der Waals surface area contributed by atoms with Crippen LogP contribution >= 0.6 is 0 Å². The second kappa shape index (κ2) is 10.2. The van der Waals surface area contributed by atoms with Crippen molar-refractivity contribution in [3.05, 3.63) is 35.1 Å². The highest BCUT2D eigenvalue weighted by Gasteiger charge is 2.48. The number of carbonyl (C=O) groups is 5. The zero-order valence-electron chi connectivity index (χ0n) is 19.0. The molecular formula is C23H28FN3O6. The van der Waals surface area contributed by atoms with Gasteiger partial charge < -0.3 is 14.4 Å². The van der Waals surface area contributed by atoms with Crippen molar-refractivity contribution in [2.45, 2.75) is 39.3 Å². The fourth-order valence-corrected chi connectivity index (χ4v) is 4.40. The molecular weight excluding hydrogens is 433 g/mol. The number of likely N-dealkylation sites (tertiary alicyclic amines) is 1. The van der Waals surface area contributed by atoms with E-state index in [9.17, 15) is 28.4 Å². The monoisotopic (exact) mass is 461 g/mol. The van der Waals surface area contributed by atoms with Gasteiger partial charge in [0, 0.05) is 12.5 Å². The molecule has 178 valence electrons. The molecule has 2 heterocycles. The summed E-state index contributed by atoms with van der Waals surface area (Å²) in [7, 11) is 0. The molecule has 3 atom stereocenters. The summed E-state index contributed by atoms with van der Waals surface area (Å²) < 4.78 is 19.5. The first kappa shape index (κ1) is 24.5. The normalized spacial score (nSPS) is 21.4. The second-order valence-electron chi connectivity index (χ2n) is 8.14. The lowest BCUT2D eigenvalue weighted by molar-refractivity contribution is -0.152. The van der Waals surface area contributed by atoms with Gasteiger partial charge in [-0.1, -0.05) is 19.9 Å². The third kappa shape index (κ3) is 4.66. The molecule has 3 rings (SSSR count). The number of hydrogen-bond donors (Lipinski definition) is 0. The molecule has 1 saturated heterocycles. The van der Waals surface area contributed by atoms with Crippen LogP contribution < -0.4 is 0 Å². The first-order valence-electron chi connectivity index (χ1n) is 11.1. The number of likely N-dealkylation sites (N-methyl/N-ethyl adjacent to an activating group) is 1. The lowest BCUT2D eigenvalue weighted by Gasteiger charge is -2.38. The molecule has 0 aromatic heterocycles. The van der Waals surface area contributed by atoms with Crippen LogP contribution in [-0.2, 0) is 19.1 Å². The van der Waals surface area contributed by atoms with E-state index in [4.69, 9.17) is 4.74 Å². The third-order valence-corrected chi connectivity index (χ3v) is 6.28. The number of carbonyl (C=O) groups excluding carboxylic acids is 5. The molecule has 0 N–H and O–H groups in total. The fraction of sp³-hybridized carbons (Fsp3) is 0.522. The molecule has 0 radical (unpaired) electrons. The molecule has 2 unspecified atom stereocenters. The first-order valence-corrected chi connectivity index (χ1v) is 11.1. The lowest BCUT2D eigenvalue weighted by atomic mass is 9.93. The maximum atomic E-state index is 14.2. The summed E-state index contributed by atoms with van der Waals surface area (Å²) in [6.45, 7) is 6.97. The van der Waals surface area contributed by atoms with Crippen LogP contribution in [0, 0.1) is 11.7 Å². The Morgan fingerprint density at radius 3 is 2.55 bits per heavy atom. The van der Waals surface area contributed by atoms with Crippen LogP contribution in [0.25, 0.3) is 0 Å². The van der Waals surface area contributed by atoms with Crippen LogP contribution in [0.5, 0.6) is 0 Å². The number of esters is 1. The predicted octanol–water partition coefficient (Wildman–Crippen LogP) is 1.11. The van der Waals surface area contributed by atoms with E-state index in [0.717, 1.165) is 11.0 Å². The number of aldehydes is 1. The van der Waals surface area contributed by atoms with Crippen LogP contribution in [0.1, 0.15) is 47.9 Å². The van der Waals surface area contributed by atoms with Crippen molar-refractivity contribution in [1.82, 2.24) is 14.7 Å². The van der Waals surface area contributed by atoms with Gasteiger partial charge in [-0.2, -0.15) is 0 Å². The summed E-state index contributed by atoms with van der Waals surface area (Å²) in [6.07, 6.45) is 0.629. The average Bonchev–Trinajstić information content (AvgIpc) is 3.06. The topological polar surface area (TPSA) is 104 Å². The third-order valence-electron chi connectivity index (χ3n) is 6.28. The van der Waals surface area contributed by atoms with E-state index < -0.39 is 47.5 Å². The Kier molecular flexibility index (Phi) is 7.57. The molecule has 2 aliphatic rings. The first-order chi connectivity index (χ1) is 15.7. The fourth-order valence-electron chi connectivity index (χ4n) is 4.40. The summed E-state index contributed by atoms with van der Waals surface area (Å²) >= 11 is 0. The molecule has 1 aromatic carbocycles. The second-order valence-corrected chi connectivity index (χ2v) is 8.14. The quantitative estimate of drug-likeness (QED) is 0.308. The number of fused-ring (bicyclic) bond motifs is 1. The summed E-state index contributed by atoms with van der Waals surface area (Å²) in [5.41, 5.74) is -0.471. The van der Waals surface area contributed by atoms with E-state index in [0.29, 0.717) is 19.4 Å². The maximum Gasteiger partial charge on any atom is 0.323 e. The largest absolute Gasteiger partial charge is 0.463 e. The minimum Gasteiger partial charge on any atom is -0.463 e. The summed E-state index contributed by atoms with van der Waals surface area (Å²) in [4.78, 5) is 66.6. The highest BCUT2D eigenvalue weighted by molar-refractivity contribution is 6.23. The number of hydrogen-bond acceptors (Lipinski definition) is 7. The van der Waals surface area contributed by atoms with E-state index in [1.54, 1.807) is 6.92 Å². The van der Waals surface area contributed by atoms with Crippen LogP contribution in [0.2, 0.25) is 0 Å². The highest BCUT2D eigenvalue weighted by Crippen LogP contribution is 2.31. The van der Waals surface area contributed by atoms with E-state index in [2.05, 4.69) is 0 Å². The van der Waals surface area contributed by atoms with Gasteiger partial charge in [0.05, 0.1) is 17.7 Å². The van der Waals surface area contributed by atoms with Gasteiger partial charge in [-0.3, -0.25) is 29.0 Å². The Balaban J connectivity index is 1.71. The molecule has 1 fully saturated rings. The van der Waals surface area contributed by atoms with Crippen molar-refractivity contribution < 1.29 is 33.1 Å². The maximum absolute atomic E-state index is 14.2. The Morgan fingerprint density at radius 2 is 1.94 bits per heavy atom. The molecule has 1 aromatic rings. The zero-order chi connectivity index (χ0) is 24.3. The smallest absolute Gasteiger partial charge is 0.323 e. The lowest BCUT2D eigenvalue weighted by Crippen LogP contribution is -2.57. The number of amides is 3. The number of piperidine rings is 1. The average molecular weight is 461 g/mol. The van der Waals surface area contributed by atoms with Crippen molar-refractivity contribution in [3.63, 3.8) is 0 Å². The minimum atomic E-state index is -1.23. The number of imide groups is 1. The van der Waals surface area contributed by atoms with Crippen molar-refractivity contribution >= 4 is 30.0 Å². The van der Waals surface area contributed by atoms with Crippen LogP contribution in [0.3, 0.4) is 0 Å². The highest BCUT2D eigenvalue weighted by atomic mass is 19.1. The minimum absolute atomic E-state index is 0.00785. The van der Waals surface area contributed by atoms with Crippen molar-refractivity contribution in [2.75, 3.05) is 32.8 Å². The summed E-state index contributed by atoms with van der Waals surface area (Å²) in [5, 5.41) is 0. The number of rotatable bonds is 9. The van der Waals surface area contributed by atoms with Gasteiger partial charge in [0.15, 0.2) is 0 Å². The van der Waals surface area contributed by atoms with Crippen LogP contribution in [0.4, 0.5) is 4.39 Å². The van der Waals surface area contributed by atoms with Crippen molar-refractivity contribution in [2.24, 2.45) is 5.92 Å². The Bertz CT molecular complexity index is 964. The predicted molar refractivity (Wildman–Crippen MR) is 115 cm³/mol. The number of halogens is 1.